The molecule has 1 aliphatic heterocycles. The Balaban J connectivity index is 2.03. The highest BCUT2D eigenvalue weighted by Crippen LogP contribution is 2.27. The molecule has 0 spiro atoms. The topological polar surface area (TPSA) is 132 Å². The first-order valence-corrected chi connectivity index (χ1v) is 15.4. The first-order valence-electron chi connectivity index (χ1n) is 15.4. The quantitative estimate of drug-likeness (QED) is 0.119. The van der Waals surface area contributed by atoms with Crippen LogP contribution in [0.15, 0.2) is 0 Å². The summed E-state index contributed by atoms with van der Waals surface area (Å²) in [6.45, 7) is 4.54. The maximum absolute atomic E-state index is 12.0. The van der Waals surface area contributed by atoms with Crippen molar-refractivity contribution in [2.75, 3.05) is 19.8 Å². The van der Waals surface area contributed by atoms with Crippen molar-refractivity contribution < 1.29 is 43.9 Å². The Kier molecular flexibility index (Phi) is 20.6. The first-order chi connectivity index (χ1) is 18.8. The van der Waals surface area contributed by atoms with Gasteiger partial charge in [-0.25, -0.2) is 0 Å². The maximum Gasteiger partial charge on any atom is 0.305 e. The number of ether oxygens (including phenoxy) is 4. The summed E-state index contributed by atoms with van der Waals surface area (Å²) in [5.41, 5.74) is 0. The van der Waals surface area contributed by atoms with E-state index in [1.165, 1.54) is 84.0 Å². The highest BCUT2D eigenvalue weighted by atomic mass is 16.7. The van der Waals surface area contributed by atoms with Gasteiger partial charge in [0.25, 0.3) is 0 Å². The lowest BCUT2D eigenvalue weighted by Crippen LogP contribution is -2.56. The van der Waals surface area contributed by atoms with Crippen molar-refractivity contribution >= 4 is 11.9 Å². The second-order valence-electron chi connectivity index (χ2n) is 11.1. The van der Waals surface area contributed by atoms with E-state index in [1.807, 2.05) is 0 Å². The highest BCUT2D eigenvalue weighted by molar-refractivity contribution is 5.69. The van der Waals surface area contributed by atoms with Crippen LogP contribution in [0, 0.1) is 5.92 Å². The van der Waals surface area contributed by atoms with Crippen molar-refractivity contribution in [3.8, 4) is 0 Å². The van der Waals surface area contributed by atoms with Crippen LogP contribution in [-0.2, 0) is 28.5 Å². The Hall–Kier alpha value is -1.26. The van der Waals surface area contributed by atoms with Gasteiger partial charge in [0.1, 0.15) is 31.5 Å². The third-order valence-corrected chi connectivity index (χ3v) is 7.33. The van der Waals surface area contributed by atoms with Crippen LogP contribution in [0.5, 0.6) is 0 Å². The molecule has 0 saturated carbocycles. The van der Waals surface area contributed by atoms with Gasteiger partial charge in [0.05, 0.1) is 12.7 Å². The molecular weight excluding hydrogens is 504 g/mol. The lowest BCUT2D eigenvalue weighted by molar-refractivity contribution is -0.287. The molecule has 3 N–H and O–H groups in total. The molecule has 6 atom stereocenters. The van der Waals surface area contributed by atoms with E-state index in [-0.39, 0.29) is 25.8 Å². The fourth-order valence-corrected chi connectivity index (χ4v) is 4.75. The van der Waals surface area contributed by atoms with Crippen molar-refractivity contribution in [1.29, 1.82) is 0 Å². The monoisotopic (exact) mass is 560 g/mol. The van der Waals surface area contributed by atoms with Gasteiger partial charge in [-0.2, -0.15) is 0 Å². The minimum absolute atomic E-state index is 0.176. The molecule has 1 fully saturated rings. The molecule has 1 rings (SSSR count). The Bertz CT molecular complexity index is 630. The van der Waals surface area contributed by atoms with E-state index >= 15 is 0 Å². The zero-order valence-electron chi connectivity index (χ0n) is 24.7. The zero-order chi connectivity index (χ0) is 28.9. The van der Waals surface area contributed by atoms with Gasteiger partial charge in [0.15, 0.2) is 6.29 Å². The summed E-state index contributed by atoms with van der Waals surface area (Å²) >= 11 is 0. The molecule has 9 nitrogen and oxygen atoms in total. The van der Waals surface area contributed by atoms with Crippen LogP contribution >= 0.6 is 0 Å². The van der Waals surface area contributed by atoms with Gasteiger partial charge in [-0.15, -0.1) is 0 Å². The number of esters is 2. The summed E-state index contributed by atoms with van der Waals surface area (Å²) in [5.74, 6) is -1.45. The summed E-state index contributed by atoms with van der Waals surface area (Å²) < 4.78 is 21.2. The van der Waals surface area contributed by atoms with E-state index in [4.69, 9.17) is 18.9 Å². The average Bonchev–Trinajstić information content (AvgIpc) is 2.91. The predicted octanol–water partition coefficient (Wildman–Crippen LogP) is 4.81. The van der Waals surface area contributed by atoms with Crippen LogP contribution in [0.3, 0.4) is 0 Å². The second-order valence-corrected chi connectivity index (χ2v) is 11.1. The molecule has 0 aliphatic carbocycles. The molecule has 39 heavy (non-hydrogen) atoms. The largest absolute Gasteiger partial charge is 0.463 e. The summed E-state index contributed by atoms with van der Waals surface area (Å²) in [4.78, 5) is 23.0. The third-order valence-electron chi connectivity index (χ3n) is 7.33. The molecule has 0 bridgehead atoms. The number of hydrogen-bond donors (Lipinski definition) is 3. The minimum atomic E-state index is -1.23. The molecule has 9 heteroatoms. The fourth-order valence-electron chi connectivity index (χ4n) is 4.75. The molecule has 230 valence electrons. The SMILES string of the molecule is CCCCCCCCCCCCCCCCCC(=O)OCC(O)COC1OC(COC(C)=O)C(O)C(O)C1C. The van der Waals surface area contributed by atoms with E-state index in [0.29, 0.717) is 6.42 Å². The maximum atomic E-state index is 12.0. The van der Waals surface area contributed by atoms with Crippen molar-refractivity contribution in [2.24, 2.45) is 5.92 Å². The molecule has 1 saturated heterocycles. The molecule has 6 unspecified atom stereocenters. The van der Waals surface area contributed by atoms with E-state index in [2.05, 4.69) is 6.92 Å². The van der Waals surface area contributed by atoms with Crippen molar-refractivity contribution in [2.45, 2.75) is 154 Å². The van der Waals surface area contributed by atoms with Crippen LogP contribution < -0.4 is 0 Å². The van der Waals surface area contributed by atoms with Crippen LogP contribution in [0.1, 0.15) is 124 Å². The summed E-state index contributed by atoms with van der Waals surface area (Å²) in [5, 5.41) is 30.5. The number of unbranched alkanes of at least 4 members (excludes halogenated alkanes) is 14. The summed E-state index contributed by atoms with van der Waals surface area (Å²) in [6, 6.07) is 0. The highest BCUT2D eigenvalue weighted by Gasteiger charge is 2.43. The van der Waals surface area contributed by atoms with Crippen molar-refractivity contribution in [3.63, 3.8) is 0 Å². The number of carbonyl (C=O) groups is 2. The van der Waals surface area contributed by atoms with E-state index in [0.717, 1.165) is 19.3 Å². The molecule has 0 aromatic heterocycles. The number of hydrogen-bond acceptors (Lipinski definition) is 9. The lowest BCUT2D eigenvalue weighted by atomic mass is 9.92. The van der Waals surface area contributed by atoms with Gasteiger partial charge in [-0.1, -0.05) is 104 Å². The molecule has 1 aliphatic rings. The second kappa shape index (κ2) is 22.4. The van der Waals surface area contributed by atoms with E-state index in [9.17, 15) is 24.9 Å². The van der Waals surface area contributed by atoms with E-state index in [1.54, 1.807) is 6.92 Å². The van der Waals surface area contributed by atoms with Crippen LogP contribution in [-0.4, -0.2) is 77.8 Å². The molecule has 0 radical (unpaired) electrons. The Morgan fingerprint density at radius 1 is 0.769 bits per heavy atom. The van der Waals surface area contributed by atoms with E-state index < -0.39 is 42.6 Å². The Morgan fingerprint density at radius 2 is 1.28 bits per heavy atom. The number of rotatable bonds is 23. The van der Waals surface area contributed by atoms with Crippen LogP contribution in [0.4, 0.5) is 0 Å². The summed E-state index contributed by atoms with van der Waals surface area (Å²) in [7, 11) is 0. The van der Waals surface area contributed by atoms with Crippen LogP contribution in [0.2, 0.25) is 0 Å². The Morgan fingerprint density at radius 3 is 1.79 bits per heavy atom. The van der Waals surface area contributed by atoms with Crippen LogP contribution in [0.25, 0.3) is 0 Å². The summed E-state index contributed by atoms with van der Waals surface area (Å²) in [6.07, 6.45) is 14.0. The molecule has 0 amide bonds. The Labute approximate surface area is 235 Å². The van der Waals surface area contributed by atoms with Gasteiger partial charge in [0.2, 0.25) is 0 Å². The van der Waals surface area contributed by atoms with Gasteiger partial charge >= 0.3 is 11.9 Å². The fraction of sp³-hybridized carbons (Fsp3) is 0.933. The van der Waals surface area contributed by atoms with Gasteiger partial charge < -0.3 is 34.3 Å². The van der Waals surface area contributed by atoms with Crippen molar-refractivity contribution in [3.05, 3.63) is 0 Å². The van der Waals surface area contributed by atoms with Crippen molar-refractivity contribution in [1.82, 2.24) is 0 Å². The first kappa shape index (κ1) is 35.8. The van der Waals surface area contributed by atoms with Gasteiger partial charge in [-0.3, -0.25) is 9.59 Å². The normalized spacial score (nSPS) is 23.9. The van der Waals surface area contributed by atoms with Gasteiger partial charge in [-0.05, 0) is 6.42 Å². The average molecular weight is 561 g/mol. The van der Waals surface area contributed by atoms with Gasteiger partial charge in [0, 0.05) is 19.3 Å². The molecule has 0 aromatic rings. The standard InChI is InChI=1S/C30H56O9/c1-4-5-6-7-8-9-10-11-12-13-14-15-16-17-18-19-27(33)37-20-25(32)21-38-30-23(2)28(34)29(35)26(39-30)22-36-24(3)31/h23,25-26,28-30,32,34-35H,4-22H2,1-3H3. The minimum Gasteiger partial charge on any atom is -0.463 e. The molecule has 1 heterocycles. The molecular formula is C30H56O9. The number of carbonyl (C=O) groups excluding carboxylic acids is 2. The zero-order valence-corrected chi connectivity index (χ0v) is 24.7. The predicted molar refractivity (Wildman–Crippen MR) is 149 cm³/mol. The lowest BCUT2D eigenvalue weighted by Gasteiger charge is -2.41. The number of aliphatic hydroxyl groups is 3. The number of aliphatic hydroxyl groups excluding tert-OH is 3. The smallest absolute Gasteiger partial charge is 0.305 e. The molecule has 0 aromatic carbocycles. The third kappa shape index (κ3) is 17.2.